The molecule has 110 valence electrons. The zero-order chi connectivity index (χ0) is 14.7. The maximum atomic E-state index is 12.2. The number of anilines is 1. The fourth-order valence-corrected chi connectivity index (χ4v) is 2.57. The lowest BCUT2D eigenvalue weighted by Crippen LogP contribution is -2.26. The Morgan fingerprint density at radius 1 is 1.29 bits per heavy atom. The first-order valence-corrected chi connectivity index (χ1v) is 7.53. The number of benzene rings is 1. The molecule has 21 heavy (non-hydrogen) atoms. The van der Waals surface area contributed by atoms with Crippen LogP contribution in [0.4, 0.5) is 5.69 Å². The molecule has 1 aromatic carbocycles. The van der Waals surface area contributed by atoms with Gasteiger partial charge in [-0.25, -0.2) is 0 Å². The summed E-state index contributed by atoms with van der Waals surface area (Å²) in [6, 6.07) is 12.6. The zero-order valence-corrected chi connectivity index (χ0v) is 12.1. The smallest absolute Gasteiger partial charge is 0.267 e. The maximum Gasteiger partial charge on any atom is 0.267 e. The van der Waals surface area contributed by atoms with Crippen molar-refractivity contribution >= 4 is 11.6 Å². The average molecular weight is 283 g/mol. The maximum absolute atomic E-state index is 12.2. The lowest BCUT2D eigenvalue weighted by Gasteiger charge is -2.08. The second-order valence-corrected chi connectivity index (χ2v) is 5.64. The van der Waals surface area contributed by atoms with Crippen LogP contribution in [0.2, 0.25) is 0 Å². The van der Waals surface area contributed by atoms with Crippen molar-refractivity contribution in [3.63, 3.8) is 0 Å². The summed E-state index contributed by atoms with van der Waals surface area (Å²) in [6.45, 7) is 0.684. The molecule has 4 nitrogen and oxygen atoms in total. The van der Waals surface area contributed by atoms with Gasteiger partial charge in [-0.05, 0) is 37.3 Å². The van der Waals surface area contributed by atoms with Crippen LogP contribution in [0.15, 0.2) is 42.6 Å². The van der Waals surface area contributed by atoms with Crippen molar-refractivity contribution in [2.45, 2.75) is 31.7 Å². The summed E-state index contributed by atoms with van der Waals surface area (Å²) >= 11 is 0. The molecule has 0 unspecified atom stereocenters. The third-order valence-corrected chi connectivity index (χ3v) is 3.81. The zero-order valence-electron chi connectivity index (χ0n) is 12.1. The van der Waals surface area contributed by atoms with E-state index in [0.717, 1.165) is 25.7 Å². The Balaban J connectivity index is 1.50. The van der Waals surface area contributed by atoms with Crippen LogP contribution in [0.5, 0.6) is 0 Å². The van der Waals surface area contributed by atoms with Gasteiger partial charge in [0.05, 0.1) is 5.69 Å². The number of carbonyl (C=O) groups is 1. The topological polar surface area (TPSA) is 60.1 Å². The number of rotatable bonds is 6. The van der Waals surface area contributed by atoms with E-state index >= 15 is 0 Å². The highest BCUT2D eigenvalue weighted by Crippen LogP contribution is 2.37. The number of nitrogens with zero attached hydrogens (tertiary/aromatic N) is 1. The monoisotopic (exact) mass is 283 g/mol. The van der Waals surface area contributed by atoms with E-state index in [0.29, 0.717) is 24.0 Å². The Morgan fingerprint density at radius 2 is 2.05 bits per heavy atom. The Kier molecular flexibility index (Phi) is 3.95. The molecule has 2 aromatic rings. The second kappa shape index (κ2) is 6.04. The molecule has 0 atom stereocenters. The largest absolute Gasteiger partial charge is 0.397 e. The van der Waals surface area contributed by atoms with Gasteiger partial charge < -0.3 is 15.6 Å². The van der Waals surface area contributed by atoms with Crippen molar-refractivity contribution < 1.29 is 4.79 Å². The van der Waals surface area contributed by atoms with Crippen LogP contribution >= 0.6 is 0 Å². The predicted octanol–water partition coefficient (Wildman–Crippen LogP) is 2.77. The highest BCUT2D eigenvalue weighted by Gasteiger charge is 2.27. The molecule has 1 heterocycles. The van der Waals surface area contributed by atoms with Gasteiger partial charge in [-0.2, -0.15) is 0 Å². The molecule has 0 spiro atoms. The highest BCUT2D eigenvalue weighted by atomic mass is 16.1. The first-order valence-electron chi connectivity index (χ1n) is 7.53. The van der Waals surface area contributed by atoms with E-state index in [-0.39, 0.29) is 5.91 Å². The summed E-state index contributed by atoms with van der Waals surface area (Å²) in [4.78, 5) is 12.2. The second-order valence-electron chi connectivity index (χ2n) is 5.64. The quantitative estimate of drug-likeness (QED) is 0.801. The lowest BCUT2D eigenvalue weighted by molar-refractivity contribution is 0.0943. The molecular formula is C17H21N3O. The average Bonchev–Trinajstić information content (AvgIpc) is 3.27. The molecule has 1 amide bonds. The van der Waals surface area contributed by atoms with Gasteiger partial charge in [0, 0.05) is 18.8 Å². The molecule has 0 bridgehead atoms. The van der Waals surface area contributed by atoms with Gasteiger partial charge in [0.15, 0.2) is 0 Å². The summed E-state index contributed by atoms with van der Waals surface area (Å²) in [5, 5.41) is 2.99. The van der Waals surface area contributed by atoms with Gasteiger partial charge in [-0.1, -0.05) is 30.3 Å². The summed E-state index contributed by atoms with van der Waals surface area (Å²) in [7, 11) is 0. The van der Waals surface area contributed by atoms with Gasteiger partial charge in [0.25, 0.3) is 5.91 Å². The number of nitrogens with two attached hydrogens (primary N) is 1. The molecule has 3 N–H and O–H groups in total. The Hall–Kier alpha value is -2.23. The minimum absolute atomic E-state index is 0.0216. The van der Waals surface area contributed by atoms with Crippen molar-refractivity contribution in [2.24, 2.45) is 0 Å². The van der Waals surface area contributed by atoms with Gasteiger partial charge in [-0.3, -0.25) is 4.79 Å². The minimum atomic E-state index is -0.0216. The normalized spacial score (nSPS) is 14.1. The van der Waals surface area contributed by atoms with E-state index in [9.17, 15) is 4.79 Å². The number of aromatic nitrogens is 1. The summed E-state index contributed by atoms with van der Waals surface area (Å²) in [5.74, 6) is -0.0216. The minimum Gasteiger partial charge on any atom is -0.397 e. The number of hydrogen-bond donors (Lipinski definition) is 2. The van der Waals surface area contributed by atoms with E-state index in [1.54, 1.807) is 6.07 Å². The van der Waals surface area contributed by atoms with Crippen molar-refractivity contribution in [2.75, 3.05) is 12.3 Å². The molecule has 1 saturated carbocycles. The van der Waals surface area contributed by atoms with Crippen LogP contribution in [-0.2, 0) is 6.42 Å². The molecule has 0 radical (unpaired) electrons. The molecule has 0 saturated heterocycles. The van der Waals surface area contributed by atoms with Crippen molar-refractivity contribution in [3.05, 3.63) is 53.9 Å². The SMILES string of the molecule is Nc1cc(C(=O)NCCCc2ccccc2)n(C2CC2)c1. The van der Waals surface area contributed by atoms with E-state index in [2.05, 4.69) is 17.4 Å². The summed E-state index contributed by atoms with van der Waals surface area (Å²) in [5.41, 5.74) is 8.47. The molecule has 1 aliphatic carbocycles. The fourth-order valence-electron chi connectivity index (χ4n) is 2.57. The number of carbonyl (C=O) groups excluding carboxylic acids is 1. The molecule has 0 aliphatic heterocycles. The standard InChI is InChI=1S/C17H21N3O/c18-14-11-16(20(12-14)15-8-9-15)17(21)19-10-4-7-13-5-2-1-3-6-13/h1-3,5-6,11-12,15H,4,7-10,18H2,(H,19,21). The molecular weight excluding hydrogens is 262 g/mol. The molecule has 1 fully saturated rings. The third-order valence-electron chi connectivity index (χ3n) is 3.81. The van der Waals surface area contributed by atoms with E-state index in [4.69, 9.17) is 5.73 Å². The van der Waals surface area contributed by atoms with Gasteiger partial charge in [0.1, 0.15) is 5.69 Å². The fraction of sp³-hybridized carbons (Fsp3) is 0.353. The van der Waals surface area contributed by atoms with Crippen molar-refractivity contribution in [1.82, 2.24) is 9.88 Å². The molecule has 3 rings (SSSR count). The third kappa shape index (κ3) is 3.45. The lowest BCUT2D eigenvalue weighted by atomic mass is 10.1. The Labute approximate surface area is 125 Å². The van der Waals surface area contributed by atoms with Gasteiger partial charge in [0.2, 0.25) is 0 Å². The first kappa shape index (κ1) is 13.7. The Morgan fingerprint density at radius 3 is 2.76 bits per heavy atom. The van der Waals surface area contributed by atoms with Crippen LogP contribution in [0, 0.1) is 0 Å². The molecule has 1 aliphatic rings. The number of aryl methyl sites for hydroxylation is 1. The van der Waals surface area contributed by atoms with Crippen LogP contribution in [0.25, 0.3) is 0 Å². The highest BCUT2D eigenvalue weighted by molar-refractivity contribution is 5.93. The first-order chi connectivity index (χ1) is 10.2. The van der Waals surface area contributed by atoms with E-state index in [1.807, 2.05) is 29.0 Å². The van der Waals surface area contributed by atoms with Crippen LogP contribution < -0.4 is 11.1 Å². The molecule has 4 heteroatoms. The Bertz CT molecular complexity index is 614. The van der Waals surface area contributed by atoms with Gasteiger partial charge in [-0.15, -0.1) is 0 Å². The number of amides is 1. The predicted molar refractivity (Wildman–Crippen MR) is 84.2 cm³/mol. The van der Waals surface area contributed by atoms with E-state index in [1.165, 1.54) is 5.56 Å². The summed E-state index contributed by atoms with van der Waals surface area (Å²) in [6.07, 6.45) is 6.07. The van der Waals surface area contributed by atoms with E-state index < -0.39 is 0 Å². The van der Waals surface area contributed by atoms with Crippen LogP contribution in [-0.4, -0.2) is 17.0 Å². The number of nitrogens with one attached hydrogen (secondary N) is 1. The summed E-state index contributed by atoms with van der Waals surface area (Å²) < 4.78 is 2.02. The van der Waals surface area contributed by atoms with Crippen molar-refractivity contribution in [1.29, 1.82) is 0 Å². The van der Waals surface area contributed by atoms with Crippen molar-refractivity contribution in [3.8, 4) is 0 Å². The van der Waals surface area contributed by atoms with Crippen LogP contribution in [0.3, 0.4) is 0 Å². The van der Waals surface area contributed by atoms with Crippen LogP contribution in [0.1, 0.15) is 41.4 Å². The number of nitrogen functional groups attached to an aromatic ring is 1. The van der Waals surface area contributed by atoms with Gasteiger partial charge >= 0.3 is 0 Å². The number of hydrogen-bond acceptors (Lipinski definition) is 2. The molecule has 1 aromatic heterocycles.